The molecule has 1 fully saturated rings. The molecule has 1 atom stereocenters. The predicted octanol–water partition coefficient (Wildman–Crippen LogP) is 6.89. The lowest BCUT2D eigenvalue weighted by molar-refractivity contribution is -0.143. The van der Waals surface area contributed by atoms with Gasteiger partial charge in [0.2, 0.25) is 0 Å². The Kier molecular flexibility index (Phi) is 6.83. The molecule has 0 saturated heterocycles. The SMILES string of the molecule is [C-]#[N+]C1(N)CCC(CO[C@H](C)c2cc(C(F)(F)F)cc(C(F)(F)F)c2)(c2ccccc2)CC1. The van der Waals surface area contributed by atoms with E-state index >= 15 is 0 Å². The minimum absolute atomic E-state index is 0.0733. The van der Waals surface area contributed by atoms with Crippen LogP contribution in [0.3, 0.4) is 0 Å². The summed E-state index contributed by atoms with van der Waals surface area (Å²) in [5.41, 5.74) is 2.57. The predicted molar refractivity (Wildman–Crippen MR) is 111 cm³/mol. The fourth-order valence-electron chi connectivity index (χ4n) is 4.18. The van der Waals surface area contributed by atoms with Gasteiger partial charge < -0.3 is 4.74 Å². The summed E-state index contributed by atoms with van der Waals surface area (Å²) in [7, 11) is 0. The molecule has 9 heteroatoms. The molecular weight excluding hydrogens is 446 g/mol. The van der Waals surface area contributed by atoms with Crippen molar-refractivity contribution in [2.75, 3.05) is 6.61 Å². The number of hydrogen-bond donors (Lipinski definition) is 1. The molecule has 33 heavy (non-hydrogen) atoms. The van der Waals surface area contributed by atoms with E-state index in [2.05, 4.69) is 4.85 Å². The maximum Gasteiger partial charge on any atom is 0.416 e. The quantitative estimate of drug-likeness (QED) is 0.382. The van der Waals surface area contributed by atoms with E-state index in [1.54, 1.807) is 0 Å². The zero-order chi connectivity index (χ0) is 24.5. The van der Waals surface area contributed by atoms with E-state index in [1.165, 1.54) is 6.92 Å². The zero-order valence-corrected chi connectivity index (χ0v) is 17.9. The first-order chi connectivity index (χ1) is 15.3. The van der Waals surface area contributed by atoms with E-state index < -0.39 is 40.7 Å². The molecule has 0 radical (unpaired) electrons. The third-order valence-corrected chi connectivity index (χ3v) is 6.37. The molecule has 3 nitrogen and oxygen atoms in total. The van der Waals surface area contributed by atoms with Crippen LogP contribution in [0.25, 0.3) is 4.85 Å². The van der Waals surface area contributed by atoms with E-state index in [9.17, 15) is 26.3 Å². The Balaban J connectivity index is 1.88. The maximum atomic E-state index is 13.2. The van der Waals surface area contributed by atoms with Gasteiger partial charge in [0.1, 0.15) is 0 Å². The summed E-state index contributed by atoms with van der Waals surface area (Å²) < 4.78 is 85.2. The molecule has 0 spiro atoms. The second-order valence-corrected chi connectivity index (χ2v) is 8.65. The van der Waals surface area contributed by atoms with Crippen molar-refractivity contribution in [2.24, 2.45) is 5.73 Å². The number of alkyl halides is 6. The first-order valence-corrected chi connectivity index (χ1v) is 10.4. The van der Waals surface area contributed by atoms with Crippen molar-refractivity contribution in [2.45, 2.75) is 62.1 Å². The monoisotopic (exact) mass is 470 g/mol. The Morgan fingerprint density at radius 2 is 1.45 bits per heavy atom. The standard InChI is InChI=1S/C24H24F6N2O/c1-16(17-12-19(23(25,26)27)14-20(13-17)24(28,29)30)33-15-21(18-6-4-3-5-7-18)8-10-22(31,32-2)11-9-21/h3-7,12-14,16H,8-11,15,31H2,1H3/t16-,21?,22?/m1/s1. The summed E-state index contributed by atoms with van der Waals surface area (Å²) in [5, 5.41) is 0. The first-order valence-electron chi connectivity index (χ1n) is 10.4. The van der Waals surface area contributed by atoms with Gasteiger partial charge in [0, 0.05) is 18.3 Å². The first kappa shape index (κ1) is 25.1. The topological polar surface area (TPSA) is 39.6 Å². The van der Waals surface area contributed by atoms with Crippen LogP contribution in [0, 0.1) is 6.57 Å². The normalized spacial score (nSPS) is 24.8. The summed E-state index contributed by atoms with van der Waals surface area (Å²) in [4.78, 5) is 3.52. The van der Waals surface area contributed by atoms with Crippen LogP contribution in [0.4, 0.5) is 26.3 Å². The molecule has 0 bridgehead atoms. The molecule has 2 aromatic rings. The van der Waals surface area contributed by atoms with Crippen LogP contribution in [0.1, 0.15) is 61.0 Å². The largest absolute Gasteiger partial charge is 0.416 e. The van der Waals surface area contributed by atoms with Crippen LogP contribution < -0.4 is 5.73 Å². The number of halogens is 6. The van der Waals surface area contributed by atoms with E-state index in [4.69, 9.17) is 17.0 Å². The van der Waals surface area contributed by atoms with Crippen LogP contribution in [0.2, 0.25) is 0 Å². The number of rotatable bonds is 5. The Hall–Kier alpha value is -2.57. The zero-order valence-electron chi connectivity index (χ0n) is 17.9. The highest BCUT2D eigenvalue weighted by molar-refractivity contribution is 5.35. The molecule has 0 aromatic heterocycles. The molecule has 0 unspecified atom stereocenters. The van der Waals surface area contributed by atoms with E-state index in [1.807, 2.05) is 30.3 Å². The molecule has 178 valence electrons. The molecule has 0 aliphatic heterocycles. The van der Waals surface area contributed by atoms with Gasteiger partial charge in [0.25, 0.3) is 5.66 Å². The Labute approximate surface area is 188 Å². The van der Waals surface area contributed by atoms with Crippen LogP contribution in [-0.2, 0) is 22.5 Å². The van der Waals surface area contributed by atoms with E-state index in [-0.39, 0.29) is 18.2 Å². The third-order valence-electron chi connectivity index (χ3n) is 6.37. The molecule has 3 rings (SSSR count). The molecular formula is C24H24F6N2O. The lowest BCUT2D eigenvalue weighted by Crippen LogP contribution is -2.47. The Morgan fingerprint density at radius 3 is 1.91 bits per heavy atom. The van der Waals surface area contributed by atoms with Gasteiger partial charge in [-0.15, -0.1) is 0 Å². The summed E-state index contributed by atoms with van der Waals surface area (Å²) in [6.07, 6.45) is -9.02. The lowest BCUT2D eigenvalue weighted by Gasteiger charge is -2.41. The van der Waals surface area contributed by atoms with Gasteiger partial charge in [0.05, 0.1) is 23.8 Å². The molecule has 0 heterocycles. The summed E-state index contributed by atoms with van der Waals surface area (Å²) in [6.45, 7) is 8.84. The second kappa shape index (κ2) is 8.99. The fraction of sp³-hybridized carbons (Fsp3) is 0.458. The average molecular weight is 470 g/mol. The van der Waals surface area contributed by atoms with E-state index in [0.717, 1.165) is 5.56 Å². The summed E-state index contributed by atoms with van der Waals surface area (Å²) in [5.74, 6) is 0. The third kappa shape index (κ3) is 5.68. The van der Waals surface area contributed by atoms with Gasteiger partial charge in [-0.3, -0.25) is 10.6 Å². The fourth-order valence-corrected chi connectivity index (χ4v) is 4.18. The molecule has 1 aliphatic carbocycles. The number of benzene rings is 2. The number of nitrogens with two attached hydrogens (primary N) is 1. The highest BCUT2D eigenvalue weighted by atomic mass is 19.4. The van der Waals surface area contributed by atoms with Crippen molar-refractivity contribution in [1.82, 2.24) is 0 Å². The van der Waals surface area contributed by atoms with Crippen LogP contribution in [0.15, 0.2) is 48.5 Å². The molecule has 2 aromatic carbocycles. The summed E-state index contributed by atoms with van der Waals surface area (Å²) >= 11 is 0. The van der Waals surface area contributed by atoms with Crippen molar-refractivity contribution in [3.63, 3.8) is 0 Å². The summed E-state index contributed by atoms with van der Waals surface area (Å²) in [6, 6.07) is 10.8. The maximum absolute atomic E-state index is 13.2. The highest BCUT2D eigenvalue weighted by Crippen LogP contribution is 2.44. The molecule has 1 aliphatic rings. The van der Waals surface area contributed by atoms with Crippen molar-refractivity contribution < 1.29 is 31.1 Å². The Bertz CT molecular complexity index is 970. The minimum atomic E-state index is -4.92. The van der Waals surface area contributed by atoms with Gasteiger partial charge >= 0.3 is 12.4 Å². The lowest BCUT2D eigenvalue weighted by atomic mass is 9.67. The van der Waals surface area contributed by atoms with Gasteiger partial charge in [-0.25, -0.2) is 6.57 Å². The van der Waals surface area contributed by atoms with Gasteiger partial charge in [-0.05, 0) is 49.1 Å². The minimum Gasteiger partial charge on any atom is -0.373 e. The average Bonchev–Trinajstić information content (AvgIpc) is 2.78. The van der Waals surface area contributed by atoms with Gasteiger partial charge in [-0.2, -0.15) is 26.3 Å². The number of ether oxygens (including phenoxy) is 1. The highest BCUT2D eigenvalue weighted by Gasteiger charge is 2.46. The van der Waals surface area contributed by atoms with Gasteiger partial charge in [0.15, 0.2) is 0 Å². The van der Waals surface area contributed by atoms with Gasteiger partial charge in [-0.1, -0.05) is 30.3 Å². The van der Waals surface area contributed by atoms with Crippen molar-refractivity contribution in [3.8, 4) is 0 Å². The molecule has 1 saturated carbocycles. The van der Waals surface area contributed by atoms with Crippen molar-refractivity contribution in [1.29, 1.82) is 0 Å². The number of nitrogens with zero attached hydrogens (tertiary/aromatic N) is 1. The van der Waals surface area contributed by atoms with Crippen molar-refractivity contribution in [3.05, 3.63) is 82.2 Å². The van der Waals surface area contributed by atoms with Crippen LogP contribution in [0.5, 0.6) is 0 Å². The molecule has 2 N–H and O–H groups in total. The van der Waals surface area contributed by atoms with Crippen molar-refractivity contribution >= 4 is 0 Å². The number of hydrogen-bond acceptors (Lipinski definition) is 2. The van der Waals surface area contributed by atoms with E-state index in [0.29, 0.717) is 37.8 Å². The Morgan fingerprint density at radius 1 is 0.939 bits per heavy atom. The van der Waals surface area contributed by atoms with Crippen LogP contribution >= 0.6 is 0 Å². The second-order valence-electron chi connectivity index (χ2n) is 8.65. The van der Waals surface area contributed by atoms with Crippen LogP contribution in [-0.4, -0.2) is 12.3 Å². The molecule has 0 amide bonds. The smallest absolute Gasteiger partial charge is 0.373 e.